The lowest BCUT2D eigenvalue weighted by Gasteiger charge is -2.30. The smallest absolute Gasteiger partial charge is 0.243 e. The molecule has 1 aromatic carbocycles. The number of unbranched alkanes of at least 4 members (excludes halogenated alkanes) is 1. The molecular formula is C29H42N5O7P. The summed E-state index contributed by atoms with van der Waals surface area (Å²) in [6.45, 7) is 2.26. The maximum Gasteiger partial charge on any atom is 0.243 e. The Morgan fingerprint density at radius 1 is 0.881 bits per heavy atom. The minimum atomic E-state index is -4.12. The van der Waals surface area contributed by atoms with Crippen LogP contribution in [0.3, 0.4) is 0 Å². The molecule has 1 unspecified atom stereocenters. The summed E-state index contributed by atoms with van der Waals surface area (Å²) in [4.78, 5) is 80.3. The molecule has 4 rings (SSSR count). The Hall–Kier alpha value is -3.24. The van der Waals surface area contributed by atoms with E-state index in [1.54, 1.807) is 24.3 Å². The van der Waals surface area contributed by atoms with Crippen molar-refractivity contribution in [1.82, 2.24) is 25.8 Å². The van der Waals surface area contributed by atoms with Gasteiger partial charge in [-0.3, -0.25) is 28.5 Å². The standard InChI is InChI=1S/C29H42N5O7P/c1-2-3-11-21-27(37)30-19-26(36)34-16-8-13-23(34)29(39)32-24(18-20-9-5-4-6-10-20)42(40,41)17-14-25(35)33-15-7-12-22(33)28(38)31-21/h4-6,9-10,21-24H,2-3,7-8,11-19H2,1H3,(H,30,37)(H,31,38)(H,32,39)(H,40,41)/t21-,22-,23-,24-/m1/s1. The van der Waals surface area contributed by atoms with E-state index in [2.05, 4.69) is 16.0 Å². The van der Waals surface area contributed by atoms with Crippen molar-refractivity contribution in [3.8, 4) is 0 Å². The molecule has 0 bridgehead atoms. The molecule has 3 aliphatic rings. The molecule has 4 N–H and O–H groups in total. The van der Waals surface area contributed by atoms with Crippen molar-refractivity contribution < 1.29 is 33.4 Å². The Balaban J connectivity index is 1.62. The second kappa shape index (κ2) is 14.3. The number of rotatable bonds is 5. The van der Waals surface area contributed by atoms with Crippen LogP contribution in [0.2, 0.25) is 0 Å². The lowest BCUT2D eigenvalue weighted by atomic mass is 10.1. The zero-order valence-corrected chi connectivity index (χ0v) is 25.0. The lowest BCUT2D eigenvalue weighted by molar-refractivity contribution is -0.140. The van der Waals surface area contributed by atoms with Gasteiger partial charge in [0.15, 0.2) is 0 Å². The minimum Gasteiger partial charge on any atom is -0.345 e. The highest BCUT2D eigenvalue weighted by atomic mass is 31.2. The van der Waals surface area contributed by atoms with Gasteiger partial charge in [0.1, 0.15) is 23.9 Å². The molecule has 0 spiro atoms. The fourth-order valence-electron chi connectivity index (χ4n) is 5.96. The molecule has 230 valence electrons. The third-order valence-electron chi connectivity index (χ3n) is 8.36. The molecule has 3 heterocycles. The predicted octanol–water partition coefficient (Wildman–Crippen LogP) is 1.12. The van der Waals surface area contributed by atoms with Gasteiger partial charge in [-0.2, -0.15) is 0 Å². The summed E-state index contributed by atoms with van der Waals surface area (Å²) in [7, 11) is -4.12. The SMILES string of the molecule is CCCC[C@H]1NC(=O)[C@H]2CCCN2C(=O)CCP(=O)(O)[C@H](Cc2ccccc2)NC(=O)[C@H]2CCCN2C(=O)CNC1=O. The van der Waals surface area contributed by atoms with E-state index in [0.717, 1.165) is 12.0 Å². The quantitative estimate of drug-likeness (QED) is 0.366. The highest BCUT2D eigenvalue weighted by Gasteiger charge is 2.41. The first-order valence-electron chi connectivity index (χ1n) is 14.9. The van der Waals surface area contributed by atoms with Gasteiger partial charge >= 0.3 is 0 Å². The topological polar surface area (TPSA) is 165 Å². The molecule has 12 nitrogen and oxygen atoms in total. The summed E-state index contributed by atoms with van der Waals surface area (Å²) in [5.41, 5.74) is 0.738. The van der Waals surface area contributed by atoms with Gasteiger partial charge in [-0.25, -0.2) is 0 Å². The summed E-state index contributed by atoms with van der Waals surface area (Å²) in [5, 5.41) is 8.14. The van der Waals surface area contributed by atoms with Gasteiger partial charge in [-0.05, 0) is 37.7 Å². The first kappa shape index (κ1) is 31.7. The van der Waals surface area contributed by atoms with Crippen molar-refractivity contribution in [3.05, 3.63) is 35.9 Å². The van der Waals surface area contributed by atoms with Gasteiger partial charge in [0, 0.05) is 32.1 Å². The van der Waals surface area contributed by atoms with Crippen LogP contribution in [0, 0.1) is 0 Å². The first-order valence-corrected chi connectivity index (χ1v) is 16.8. The Morgan fingerprint density at radius 3 is 2.14 bits per heavy atom. The van der Waals surface area contributed by atoms with Gasteiger partial charge < -0.3 is 30.6 Å². The third kappa shape index (κ3) is 7.77. The molecule has 5 atom stereocenters. The molecule has 3 saturated heterocycles. The summed E-state index contributed by atoms with van der Waals surface area (Å²) >= 11 is 0. The molecule has 3 aliphatic heterocycles. The number of hydrogen-bond donors (Lipinski definition) is 4. The average Bonchev–Trinajstić information content (AvgIpc) is 3.67. The Kier molecular flexibility index (Phi) is 10.8. The van der Waals surface area contributed by atoms with Crippen LogP contribution in [0.5, 0.6) is 0 Å². The van der Waals surface area contributed by atoms with Crippen molar-refractivity contribution in [2.24, 2.45) is 0 Å². The number of carbonyl (C=O) groups is 5. The van der Waals surface area contributed by atoms with E-state index < -0.39 is 60.8 Å². The van der Waals surface area contributed by atoms with Crippen LogP contribution in [-0.2, 0) is 35.0 Å². The van der Waals surface area contributed by atoms with Crippen LogP contribution in [0.25, 0.3) is 0 Å². The monoisotopic (exact) mass is 603 g/mol. The highest BCUT2D eigenvalue weighted by molar-refractivity contribution is 7.58. The lowest BCUT2D eigenvalue weighted by Crippen LogP contribution is -2.55. The van der Waals surface area contributed by atoms with Crippen LogP contribution < -0.4 is 16.0 Å². The van der Waals surface area contributed by atoms with E-state index in [-0.39, 0.29) is 25.5 Å². The van der Waals surface area contributed by atoms with E-state index in [0.29, 0.717) is 51.6 Å². The van der Waals surface area contributed by atoms with Crippen LogP contribution in [0.15, 0.2) is 30.3 Å². The summed E-state index contributed by atoms with van der Waals surface area (Å²) in [6, 6.07) is 6.46. The van der Waals surface area contributed by atoms with E-state index >= 15 is 0 Å². The summed E-state index contributed by atoms with van der Waals surface area (Å²) in [5.74, 6) is -3.52. The maximum atomic E-state index is 13.7. The van der Waals surface area contributed by atoms with Crippen LogP contribution in [-0.4, -0.2) is 93.9 Å². The number of hydrogen-bond acceptors (Lipinski definition) is 6. The number of carbonyl (C=O) groups excluding carboxylic acids is 5. The molecule has 3 fully saturated rings. The average molecular weight is 604 g/mol. The molecule has 0 aliphatic carbocycles. The third-order valence-corrected chi connectivity index (χ3v) is 10.5. The number of benzene rings is 1. The van der Waals surface area contributed by atoms with Crippen molar-refractivity contribution in [2.75, 3.05) is 25.8 Å². The number of nitrogens with one attached hydrogen (secondary N) is 3. The predicted molar refractivity (Wildman–Crippen MR) is 155 cm³/mol. The van der Waals surface area contributed by atoms with E-state index in [1.807, 2.05) is 13.0 Å². The first-order chi connectivity index (χ1) is 20.1. The molecule has 0 aromatic heterocycles. The number of amides is 5. The normalized spacial score (nSPS) is 30.1. The van der Waals surface area contributed by atoms with Crippen LogP contribution in [0.4, 0.5) is 0 Å². The molecular weight excluding hydrogens is 561 g/mol. The zero-order valence-electron chi connectivity index (χ0n) is 24.1. The van der Waals surface area contributed by atoms with Gasteiger partial charge in [-0.15, -0.1) is 0 Å². The van der Waals surface area contributed by atoms with Gasteiger partial charge in [0.05, 0.1) is 6.54 Å². The molecule has 0 radical (unpaired) electrons. The summed E-state index contributed by atoms with van der Waals surface area (Å²) < 4.78 is 13.7. The van der Waals surface area contributed by atoms with E-state index in [4.69, 9.17) is 0 Å². The van der Waals surface area contributed by atoms with Crippen molar-refractivity contribution in [2.45, 2.75) is 88.6 Å². The van der Waals surface area contributed by atoms with Crippen LogP contribution in [0.1, 0.15) is 63.9 Å². The summed E-state index contributed by atoms with van der Waals surface area (Å²) in [6.07, 6.45) is 3.21. The van der Waals surface area contributed by atoms with Gasteiger partial charge in [0.25, 0.3) is 0 Å². The second-order valence-electron chi connectivity index (χ2n) is 11.4. The number of nitrogens with zero attached hydrogens (tertiary/aromatic N) is 2. The molecule has 0 saturated carbocycles. The Labute approximate surface area is 246 Å². The Bertz CT molecular complexity index is 1210. The molecule has 5 amide bonds. The fourth-order valence-corrected chi connectivity index (χ4v) is 7.60. The fraction of sp³-hybridized carbons (Fsp3) is 0.621. The number of fused-ring (bicyclic) bond motifs is 2. The second-order valence-corrected chi connectivity index (χ2v) is 13.9. The Morgan fingerprint density at radius 2 is 1.50 bits per heavy atom. The molecule has 13 heteroatoms. The van der Waals surface area contributed by atoms with Crippen molar-refractivity contribution in [1.29, 1.82) is 0 Å². The molecule has 1 aromatic rings. The van der Waals surface area contributed by atoms with Crippen LogP contribution >= 0.6 is 7.37 Å². The largest absolute Gasteiger partial charge is 0.345 e. The maximum absolute atomic E-state index is 13.7. The van der Waals surface area contributed by atoms with Crippen molar-refractivity contribution in [3.63, 3.8) is 0 Å². The van der Waals surface area contributed by atoms with Crippen molar-refractivity contribution >= 4 is 36.9 Å². The minimum absolute atomic E-state index is 0.0686. The molecule has 42 heavy (non-hydrogen) atoms. The van der Waals surface area contributed by atoms with Gasteiger partial charge in [0.2, 0.25) is 36.9 Å². The van der Waals surface area contributed by atoms with Gasteiger partial charge in [-0.1, -0.05) is 50.1 Å². The van der Waals surface area contributed by atoms with E-state index in [1.165, 1.54) is 9.80 Å². The highest BCUT2D eigenvalue weighted by Crippen LogP contribution is 2.47. The zero-order chi connectivity index (χ0) is 30.3. The van der Waals surface area contributed by atoms with E-state index in [9.17, 15) is 33.4 Å².